The second-order valence-corrected chi connectivity index (χ2v) is 3.82. The van der Waals surface area contributed by atoms with Crippen molar-refractivity contribution < 1.29 is 0 Å². The van der Waals surface area contributed by atoms with Gasteiger partial charge in [-0.1, -0.05) is 0 Å². The van der Waals surface area contributed by atoms with Crippen molar-refractivity contribution in [2.45, 2.75) is 0 Å². The highest BCUT2D eigenvalue weighted by Gasteiger charge is 2.10. The number of anilines is 1. The summed E-state index contributed by atoms with van der Waals surface area (Å²) in [6, 6.07) is 4.21. The molecule has 0 aliphatic carbocycles. The van der Waals surface area contributed by atoms with Gasteiger partial charge in [0.05, 0.1) is 5.69 Å². The van der Waals surface area contributed by atoms with Crippen LogP contribution in [0.1, 0.15) is 0 Å². The first-order valence-electron chi connectivity index (χ1n) is 5.32. The van der Waals surface area contributed by atoms with Crippen LogP contribution in [0.25, 0.3) is 5.65 Å². The summed E-state index contributed by atoms with van der Waals surface area (Å²) >= 11 is 0. The maximum Gasteiger partial charge on any atom is 0.136 e. The summed E-state index contributed by atoms with van der Waals surface area (Å²) in [5.74, 6) is 0. The lowest BCUT2D eigenvalue weighted by molar-refractivity contribution is 0.588. The maximum atomic E-state index is 4.24. The Morgan fingerprint density at radius 3 is 2.81 bits per heavy atom. The number of hydrogen-bond acceptors (Lipinski definition) is 3. The Morgan fingerprint density at radius 2 is 2.00 bits per heavy atom. The molecule has 2 aromatic heterocycles. The van der Waals surface area contributed by atoms with Gasteiger partial charge in [0.1, 0.15) is 5.65 Å². The summed E-state index contributed by atoms with van der Waals surface area (Å²) in [6.07, 6.45) is 5.96. The Labute approximate surface area is 101 Å². The first-order valence-corrected chi connectivity index (χ1v) is 5.32. The van der Waals surface area contributed by atoms with E-state index in [0.717, 1.165) is 31.8 Å². The second kappa shape index (κ2) is 4.72. The van der Waals surface area contributed by atoms with Crippen molar-refractivity contribution in [3.63, 3.8) is 0 Å². The Hall–Kier alpha value is -1.26. The summed E-state index contributed by atoms with van der Waals surface area (Å²) < 4.78 is 2.07. The molecule has 3 rings (SSSR count). The van der Waals surface area contributed by atoms with Crippen LogP contribution in [0, 0.1) is 0 Å². The molecule has 16 heavy (non-hydrogen) atoms. The lowest BCUT2D eigenvalue weighted by atomic mass is 10.3. The first kappa shape index (κ1) is 11.2. The average molecular weight is 239 g/mol. The highest BCUT2D eigenvalue weighted by molar-refractivity contribution is 5.85. The van der Waals surface area contributed by atoms with Crippen molar-refractivity contribution in [1.82, 2.24) is 14.7 Å². The highest BCUT2D eigenvalue weighted by atomic mass is 35.5. The molecule has 1 fully saturated rings. The predicted molar refractivity (Wildman–Crippen MR) is 67.5 cm³/mol. The zero-order valence-corrected chi connectivity index (χ0v) is 9.78. The zero-order chi connectivity index (χ0) is 10.1. The molecule has 3 heterocycles. The molecule has 5 heteroatoms. The van der Waals surface area contributed by atoms with Crippen molar-refractivity contribution in [3.8, 4) is 0 Å². The molecule has 0 unspecified atom stereocenters. The molecule has 2 aromatic rings. The van der Waals surface area contributed by atoms with E-state index < -0.39 is 0 Å². The fourth-order valence-corrected chi connectivity index (χ4v) is 2.02. The molecule has 0 bridgehead atoms. The van der Waals surface area contributed by atoms with E-state index in [1.54, 1.807) is 0 Å². The van der Waals surface area contributed by atoms with E-state index in [9.17, 15) is 0 Å². The van der Waals surface area contributed by atoms with Gasteiger partial charge in [-0.25, -0.2) is 4.98 Å². The Kier molecular flexibility index (Phi) is 3.31. The van der Waals surface area contributed by atoms with Crippen LogP contribution >= 0.6 is 12.4 Å². The van der Waals surface area contributed by atoms with Gasteiger partial charge in [0.15, 0.2) is 0 Å². The number of nitrogens with one attached hydrogen (secondary N) is 1. The summed E-state index contributed by atoms with van der Waals surface area (Å²) in [4.78, 5) is 6.64. The molecule has 0 radical (unpaired) electrons. The third-order valence-electron chi connectivity index (χ3n) is 2.86. The lowest BCUT2D eigenvalue weighted by Crippen LogP contribution is -2.43. The minimum atomic E-state index is 0. The standard InChI is InChI=1S/C11H14N4.ClH/c1-2-11-13-5-8-15(11)9-10(1)14-6-3-12-4-7-14;/h1-2,5,8-9,12H,3-4,6-7H2;1H. The minimum absolute atomic E-state index is 0. The molecular formula is C11H15ClN4. The van der Waals surface area contributed by atoms with Gasteiger partial charge in [0.2, 0.25) is 0 Å². The summed E-state index contributed by atoms with van der Waals surface area (Å²) in [7, 11) is 0. The van der Waals surface area contributed by atoms with Gasteiger partial charge >= 0.3 is 0 Å². The molecule has 1 N–H and O–H groups in total. The molecule has 0 amide bonds. The van der Waals surface area contributed by atoms with E-state index in [0.29, 0.717) is 0 Å². The fourth-order valence-electron chi connectivity index (χ4n) is 2.02. The van der Waals surface area contributed by atoms with Crippen LogP contribution in [0.5, 0.6) is 0 Å². The van der Waals surface area contributed by atoms with Gasteiger partial charge in [-0.2, -0.15) is 0 Å². The maximum absolute atomic E-state index is 4.24. The molecule has 4 nitrogen and oxygen atoms in total. The number of rotatable bonds is 1. The fraction of sp³-hybridized carbons (Fsp3) is 0.364. The van der Waals surface area contributed by atoms with Gasteiger partial charge in [-0.15, -0.1) is 12.4 Å². The minimum Gasteiger partial charge on any atom is -0.368 e. The third-order valence-corrected chi connectivity index (χ3v) is 2.86. The Morgan fingerprint density at radius 1 is 1.19 bits per heavy atom. The van der Waals surface area contributed by atoms with Gasteiger partial charge in [0.25, 0.3) is 0 Å². The number of hydrogen-bond donors (Lipinski definition) is 1. The van der Waals surface area contributed by atoms with Gasteiger partial charge in [-0.3, -0.25) is 0 Å². The van der Waals surface area contributed by atoms with E-state index >= 15 is 0 Å². The highest BCUT2D eigenvalue weighted by Crippen LogP contribution is 2.15. The first-order chi connectivity index (χ1) is 7.43. The van der Waals surface area contributed by atoms with Crippen LogP contribution in [0.2, 0.25) is 0 Å². The van der Waals surface area contributed by atoms with Crippen LogP contribution < -0.4 is 10.2 Å². The molecule has 86 valence electrons. The molecule has 0 spiro atoms. The van der Waals surface area contributed by atoms with Crippen LogP contribution in [-0.2, 0) is 0 Å². The zero-order valence-electron chi connectivity index (χ0n) is 8.97. The summed E-state index contributed by atoms with van der Waals surface area (Å²) in [5.41, 5.74) is 2.29. The summed E-state index contributed by atoms with van der Waals surface area (Å²) in [6.45, 7) is 4.31. The molecule has 1 aliphatic heterocycles. The van der Waals surface area contributed by atoms with Crippen molar-refractivity contribution in [2.24, 2.45) is 0 Å². The van der Waals surface area contributed by atoms with Gasteiger partial charge in [0, 0.05) is 44.8 Å². The third kappa shape index (κ3) is 1.99. The number of halogens is 1. The van der Waals surface area contributed by atoms with Crippen molar-refractivity contribution in [2.75, 3.05) is 31.1 Å². The quantitative estimate of drug-likeness (QED) is 0.810. The van der Waals surface area contributed by atoms with Gasteiger partial charge < -0.3 is 14.6 Å². The normalized spacial score (nSPS) is 16.1. The topological polar surface area (TPSA) is 32.6 Å². The van der Waals surface area contributed by atoms with Gasteiger partial charge in [-0.05, 0) is 12.1 Å². The largest absolute Gasteiger partial charge is 0.368 e. The Bertz CT molecular complexity index is 462. The number of fused-ring (bicyclic) bond motifs is 1. The number of nitrogens with zero attached hydrogens (tertiary/aromatic N) is 3. The van der Waals surface area contributed by atoms with E-state index in [1.165, 1.54) is 5.69 Å². The van der Waals surface area contributed by atoms with Crippen LogP contribution in [0.15, 0.2) is 30.7 Å². The number of imidazole rings is 1. The van der Waals surface area contributed by atoms with Crippen LogP contribution in [-0.4, -0.2) is 35.6 Å². The van der Waals surface area contributed by atoms with E-state index in [1.807, 2.05) is 12.4 Å². The number of aromatic nitrogens is 2. The van der Waals surface area contributed by atoms with Crippen molar-refractivity contribution >= 4 is 23.7 Å². The molecule has 0 saturated carbocycles. The number of piperazine rings is 1. The number of pyridine rings is 1. The van der Waals surface area contributed by atoms with E-state index in [-0.39, 0.29) is 12.4 Å². The molecule has 1 saturated heterocycles. The second-order valence-electron chi connectivity index (χ2n) is 3.82. The predicted octanol–water partition coefficient (Wildman–Crippen LogP) is 1.17. The smallest absolute Gasteiger partial charge is 0.136 e. The van der Waals surface area contributed by atoms with Crippen LogP contribution in [0.3, 0.4) is 0 Å². The molecular weight excluding hydrogens is 224 g/mol. The molecule has 1 aliphatic rings. The van der Waals surface area contributed by atoms with E-state index in [2.05, 4.69) is 37.9 Å². The lowest BCUT2D eigenvalue weighted by Gasteiger charge is -2.29. The summed E-state index contributed by atoms with van der Waals surface area (Å²) in [5, 5.41) is 3.36. The average Bonchev–Trinajstić information content (AvgIpc) is 2.77. The molecule has 0 aromatic carbocycles. The van der Waals surface area contributed by atoms with Crippen molar-refractivity contribution in [1.29, 1.82) is 0 Å². The Balaban J connectivity index is 0.000000963. The van der Waals surface area contributed by atoms with E-state index in [4.69, 9.17) is 0 Å². The van der Waals surface area contributed by atoms with Crippen molar-refractivity contribution in [3.05, 3.63) is 30.7 Å². The molecule has 0 atom stereocenters. The van der Waals surface area contributed by atoms with Crippen LogP contribution in [0.4, 0.5) is 5.69 Å². The monoisotopic (exact) mass is 238 g/mol. The SMILES string of the molecule is Cl.c1cn2cc(N3CCNCC3)ccc2n1.